The number of aromatic nitrogens is 1. The minimum absolute atomic E-state index is 0.0508. The molecule has 0 aromatic carbocycles. The first kappa shape index (κ1) is 14.4. The molecule has 0 aliphatic heterocycles. The van der Waals surface area contributed by atoms with Crippen LogP contribution in [0.25, 0.3) is 0 Å². The molecule has 0 bridgehead atoms. The predicted octanol–water partition coefficient (Wildman–Crippen LogP) is 1.05. The number of carbonyl (C=O) groups is 2. The summed E-state index contributed by atoms with van der Waals surface area (Å²) >= 11 is 1.34. The molecule has 1 rings (SSSR count). The van der Waals surface area contributed by atoms with Gasteiger partial charge in [0.1, 0.15) is 5.41 Å². The van der Waals surface area contributed by atoms with E-state index in [0.29, 0.717) is 23.8 Å². The summed E-state index contributed by atoms with van der Waals surface area (Å²) in [7, 11) is 1.58. The van der Waals surface area contributed by atoms with Gasteiger partial charge in [0.25, 0.3) is 0 Å². The Morgan fingerprint density at radius 3 is 2.72 bits per heavy atom. The molecular formula is C11H17N3O3S. The van der Waals surface area contributed by atoms with E-state index in [-0.39, 0.29) is 5.91 Å². The fraction of sp³-hybridized carbons (Fsp3) is 0.545. The number of nitrogens with zero attached hydrogens (tertiary/aromatic N) is 1. The summed E-state index contributed by atoms with van der Waals surface area (Å²) in [5.74, 6) is -0.963. The summed E-state index contributed by atoms with van der Waals surface area (Å²) in [6.45, 7) is 3.69. The van der Waals surface area contributed by atoms with Gasteiger partial charge in [-0.15, -0.1) is 11.3 Å². The van der Waals surface area contributed by atoms with Gasteiger partial charge < -0.3 is 15.7 Å². The fourth-order valence-electron chi connectivity index (χ4n) is 1.16. The van der Waals surface area contributed by atoms with E-state index in [1.807, 2.05) is 0 Å². The first-order chi connectivity index (χ1) is 8.37. The lowest BCUT2D eigenvalue weighted by molar-refractivity contribution is -0.142. The molecule has 0 aliphatic carbocycles. The van der Waals surface area contributed by atoms with Gasteiger partial charge in [-0.2, -0.15) is 0 Å². The van der Waals surface area contributed by atoms with Crippen LogP contribution in [0, 0.1) is 0 Å². The largest absolute Gasteiger partial charge is 0.481 e. The number of carboxylic acids is 1. The highest BCUT2D eigenvalue weighted by atomic mass is 32.1. The van der Waals surface area contributed by atoms with Crippen molar-refractivity contribution in [1.82, 2.24) is 10.3 Å². The maximum absolute atomic E-state index is 11.1. The van der Waals surface area contributed by atoms with E-state index < -0.39 is 11.4 Å². The number of anilines is 1. The second kappa shape index (κ2) is 5.81. The van der Waals surface area contributed by atoms with Crippen LogP contribution in [0.15, 0.2) is 5.38 Å². The lowest BCUT2D eigenvalue weighted by Gasteiger charge is -2.15. The Kier molecular flexibility index (Phi) is 4.66. The Labute approximate surface area is 109 Å². The lowest BCUT2D eigenvalue weighted by Crippen LogP contribution is -2.28. The van der Waals surface area contributed by atoms with Crippen LogP contribution in [0.2, 0.25) is 0 Å². The SMILES string of the molecule is CNC(=O)CCNc1nc(C(C)(C)C(=O)O)cs1. The molecule has 0 saturated carbocycles. The average molecular weight is 271 g/mol. The number of rotatable bonds is 6. The Morgan fingerprint density at radius 2 is 2.17 bits per heavy atom. The van der Waals surface area contributed by atoms with Crippen LogP contribution < -0.4 is 10.6 Å². The maximum Gasteiger partial charge on any atom is 0.315 e. The molecular weight excluding hydrogens is 254 g/mol. The third-order valence-corrected chi connectivity index (χ3v) is 3.39. The second-order valence-electron chi connectivity index (χ2n) is 4.32. The average Bonchev–Trinajstić information content (AvgIpc) is 2.77. The highest BCUT2D eigenvalue weighted by Gasteiger charge is 2.32. The maximum atomic E-state index is 11.1. The molecule has 0 radical (unpaired) electrons. The van der Waals surface area contributed by atoms with Crippen LogP contribution in [0.1, 0.15) is 26.0 Å². The molecule has 1 aromatic rings. The minimum Gasteiger partial charge on any atom is -0.481 e. The van der Waals surface area contributed by atoms with E-state index in [4.69, 9.17) is 5.11 Å². The highest BCUT2D eigenvalue weighted by Crippen LogP contribution is 2.27. The summed E-state index contributed by atoms with van der Waals surface area (Å²) in [6, 6.07) is 0. The standard InChI is InChI=1S/C11H17N3O3S/c1-11(2,9(16)17)7-6-18-10(14-7)13-5-4-8(15)12-3/h6H,4-5H2,1-3H3,(H,12,15)(H,13,14)(H,16,17). The molecule has 3 N–H and O–H groups in total. The molecule has 1 heterocycles. The normalized spacial score (nSPS) is 11.1. The Morgan fingerprint density at radius 1 is 1.50 bits per heavy atom. The van der Waals surface area contributed by atoms with E-state index in [9.17, 15) is 9.59 Å². The van der Waals surface area contributed by atoms with Gasteiger partial charge in [-0.05, 0) is 13.8 Å². The number of hydrogen-bond acceptors (Lipinski definition) is 5. The zero-order valence-corrected chi connectivity index (χ0v) is 11.4. The van der Waals surface area contributed by atoms with Crippen molar-refractivity contribution in [1.29, 1.82) is 0 Å². The third kappa shape index (κ3) is 3.43. The molecule has 0 spiro atoms. The van der Waals surface area contributed by atoms with Crippen molar-refractivity contribution in [2.24, 2.45) is 0 Å². The Balaban J connectivity index is 2.59. The van der Waals surface area contributed by atoms with Crippen LogP contribution in [0.3, 0.4) is 0 Å². The molecule has 0 atom stereocenters. The first-order valence-corrected chi connectivity index (χ1v) is 6.39. The summed E-state index contributed by atoms with van der Waals surface area (Å²) < 4.78 is 0. The number of carbonyl (C=O) groups excluding carboxylic acids is 1. The van der Waals surface area contributed by atoms with Crippen LogP contribution in [0.5, 0.6) is 0 Å². The van der Waals surface area contributed by atoms with Gasteiger partial charge in [0, 0.05) is 25.4 Å². The van der Waals surface area contributed by atoms with Gasteiger partial charge in [-0.1, -0.05) is 0 Å². The van der Waals surface area contributed by atoms with Crippen molar-refractivity contribution in [3.63, 3.8) is 0 Å². The van der Waals surface area contributed by atoms with Crippen molar-refractivity contribution >= 4 is 28.3 Å². The summed E-state index contributed by atoms with van der Waals surface area (Å²) in [5.41, 5.74) is -0.487. The molecule has 1 aromatic heterocycles. The summed E-state index contributed by atoms with van der Waals surface area (Å²) in [6.07, 6.45) is 0.355. The predicted molar refractivity (Wildman–Crippen MR) is 69.9 cm³/mol. The van der Waals surface area contributed by atoms with E-state index in [1.165, 1.54) is 11.3 Å². The molecule has 0 unspecified atom stereocenters. The van der Waals surface area contributed by atoms with Crippen molar-refractivity contribution < 1.29 is 14.7 Å². The quantitative estimate of drug-likeness (QED) is 0.719. The number of carboxylic acid groups (broad SMARTS) is 1. The van der Waals surface area contributed by atoms with Gasteiger partial charge in [0.2, 0.25) is 5.91 Å². The number of aliphatic carboxylic acids is 1. The van der Waals surface area contributed by atoms with E-state index in [2.05, 4.69) is 15.6 Å². The van der Waals surface area contributed by atoms with Gasteiger partial charge in [-0.25, -0.2) is 4.98 Å². The monoisotopic (exact) mass is 271 g/mol. The summed E-state index contributed by atoms with van der Waals surface area (Å²) in [5, 5.41) is 16.9. The molecule has 18 heavy (non-hydrogen) atoms. The van der Waals surface area contributed by atoms with Crippen molar-refractivity contribution in [3.05, 3.63) is 11.1 Å². The molecule has 0 fully saturated rings. The van der Waals surface area contributed by atoms with E-state index in [0.717, 1.165) is 0 Å². The first-order valence-electron chi connectivity index (χ1n) is 5.51. The second-order valence-corrected chi connectivity index (χ2v) is 5.18. The fourth-order valence-corrected chi connectivity index (χ4v) is 2.07. The Hall–Kier alpha value is -1.63. The summed E-state index contributed by atoms with van der Waals surface area (Å²) in [4.78, 5) is 26.3. The lowest BCUT2D eigenvalue weighted by atomic mass is 9.90. The third-order valence-electron chi connectivity index (χ3n) is 2.59. The minimum atomic E-state index is -1.00. The topological polar surface area (TPSA) is 91.3 Å². The zero-order chi connectivity index (χ0) is 13.8. The van der Waals surface area contributed by atoms with Gasteiger partial charge in [-0.3, -0.25) is 9.59 Å². The molecule has 0 aliphatic rings. The van der Waals surface area contributed by atoms with Crippen molar-refractivity contribution in [2.45, 2.75) is 25.7 Å². The molecule has 100 valence electrons. The van der Waals surface area contributed by atoms with Gasteiger partial charge >= 0.3 is 5.97 Å². The van der Waals surface area contributed by atoms with Crippen LogP contribution in [0.4, 0.5) is 5.13 Å². The number of thiazole rings is 1. The molecule has 7 heteroatoms. The number of nitrogens with one attached hydrogen (secondary N) is 2. The highest BCUT2D eigenvalue weighted by molar-refractivity contribution is 7.13. The smallest absolute Gasteiger partial charge is 0.315 e. The van der Waals surface area contributed by atoms with Crippen LogP contribution in [-0.2, 0) is 15.0 Å². The number of amides is 1. The van der Waals surface area contributed by atoms with E-state index >= 15 is 0 Å². The number of hydrogen-bond donors (Lipinski definition) is 3. The van der Waals surface area contributed by atoms with Crippen molar-refractivity contribution in [3.8, 4) is 0 Å². The van der Waals surface area contributed by atoms with E-state index in [1.54, 1.807) is 26.3 Å². The van der Waals surface area contributed by atoms with Crippen molar-refractivity contribution in [2.75, 3.05) is 18.9 Å². The molecule has 1 amide bonds. The van der Waals surface area contributed by atoms with Crippen LogP contribution in [-0.4, -0.2) is 35.6 Å². The van der Waals surface area contributed by atoms with Gasteiger partial charge in [0.05, 0.1) is 5.69 Å². The van der Waals surface area contributed by atoms with Gasteiger partial charge in [0.15, 0.2) is 5.13 Å². The van der Waals surface area contributed by atoms with Crippen LogP contribution >= 0.6 is 11.3 Å². The molecule has 0 saturated heterocycles. The Bertz CT molecular complexity index is 442. The zero-order valence-electron chi connectivity index (χ0n) is 10.6. The molecule has 6 nitrogen and oxygen atoms in total.